The number of aliphatic hydroxyl groups excluding tert-OH is 2. The highest BCUT2D eigenvalue weighted by Gasteiger charge is 2.08. The van der Waals surface area contributed by atoms with Gasteiger partial charge in [-0.05, 0) is 30.7 Å². The van der Waals surface area contributed by atoms with Crippen LogP contribution in [0.3, 0.4) is 0 Å². The predicted octanol–water partition coefficient (Wildman–Crippen LogP) is 1.60. The second-order valence-corrected chi connectivity index (χ2v) is 4.78. The van der Waals surface area contributed by atoms with Gasteiger partial charge >= 0.3 is 0 Å². The van der Waals surface area contributed by atoms with Crippen LogP contribution < -0.4 is 5.32 Å². The van der Waals surface area contributed by atoms with E-state index >= 15 is 0 Å². The molecule has 3 N–H and O–H groups in total. The van der Waals surface area contributed by atoms with Crippen molar-refractivity contribution < 1.29 is 10.2 Å². The summed E-state index contributed by atoms with van der Waals surface area (Å²) in [5, 5.41) is 26.1. The van der Waals surface area contributed by atoms with Gasteiger partial charge in [-0.15, -0.1) is 0 Å². The molecule has 1 aromatic heterocycles. The third-order valence-corrected chi connectivity index (χ3v) is 2.89. The van der Waals surface area contributed by atoms with Crippen LogP contribution in [0.2, 0.25) is 5.02 Å². The maximum Gasteiger partial charge on any atom is 0.0942 e. The fourth-order valence-electron chi connectivity index (χ4n) is 1.69. The van der Waals surface area contributed by atoms with Crippen LogP contribution in [0.15, 0.2) is 30.6 Å². The van der Waals surface area contributed by atoms with Crippen molar-refractivity contribution >= 4 is 17.3 Å². The van der Waals surface area contributed by atoms with Crippen LogP contribution in [0.5, 0.6) is 0 Å². The topological polar surface area (TPSA) is 70.3 Å². The minimum Gasteiger partial charge on any atom is -0.394 e. The molecule has 0 spiro atoms. The van der Waals surface area contributed by atoms with Gasteiger partial charge in [0, 0.05) is 17.8 Å². The molecule has 5 nitrogen and oxygen atoms in total. The van der Waals surface area contributed by atoms with Crippen LogP contribution in [0.1, 0.15) is 5.56 Å². The molecule has 0 aliphatic heterocycles. The monoisotopic (exact) mass is 281 g/mol. The number of hydrogen-bond donors (Lipinski definition) is 3. The van der Waals surface area contributed by atoms with E-state index in [1.807, 2.05) is 19.2 Å². The lowest BCUT2D eigenvalue weighted by atomic mass is 10.2. The zero-order valence-corrected chi connectivity index (χ0v) is 11.3. The van der Waals surface area contributed by atoms with Crippen molar-refractivity contribution in [3.05, 3.63) is 41.2 Å². The summed E-state index contributed by atoms with van der Waals surface area (Å²) in [6.45, 7) is 1.91. The van der Waals surface area contributed by atoms with Crippen LogP contribution in [-0.4, -0.2) is 39.2 Å². The van der Waals surface area contributed by atoms with Crippen LogP contribution in [0.25, 0.3) is 5.69 Å². The summed E-state index contributed by atoms with van der Waals surface area (Å²) >= 11 is 5.98. The van der Waals surface area contributed by atoms with E-state index in [0.29, 0.717) is 5.02 Å². The number of aryl methyl sites for hydroxylation is 1. The Hall–Kier alpha value is -1.56. The highest BCUT2D eigenvalue weighted by Crippen LogP contribution is 2.24. The number of nitrogens with zero attached hydrogens (tertiary/aromatic N) is 2. The number of anilines is 1. The van der Waals surface area contributed by atoms with Crippen LogP contribution >= 0.6 is 11.6 Å². The SMILES string of the molecule is Cc1cnn(-c2ccc(Cl)cc2NCC(O)CO)c1. The van der Waals surface area contributed by atoms with Crippen LogP contribution in [-0.2, 0) is 0 Å². The average molecular weight is 282 g/mol. The van der Waals surface area contributed by atoms with Crippen LogP contribution in [0, 0.1) is 6.92 Å². The summed E-state index contributed by atoms with van der Waals surface area (Å²) in [7, 11) is 0. The fourth-order valence-corrected chi connectivity index (χ4v) is 1.86. The highest BCUT2D eigenvalue weighted by atomic mass is 35.5. The normalized spacial score (nSPS) is 12.4. The molecule has 1 unspecified atom stereocenters. The summed E-state index contributed by atoms with van der Waals surface area (Å²) in [6, 6.07) is 5.39. The molecular weight excluding hydrogens is 266 g/mol. The third-order valence-electron chi connectivity index (χ3n) is 2.66. The molecule has 0 saturated heterocycles. The molecule has 0 amide bonds. The fraction of sp³-hybridized carbons (Fsp3) is 0.308. The minimum absolute atomic E-state index is 0.240. The smallest absolute Gasteiger partial charge is 0.0942 e. The summed E-state index contributed by atoms with van der Waals surface area (Å²) in [5.41, 5.74) is 2.64. The molecule has 102 valence electrons. The van der Waals surface area contributed by atoms with Gasteiger partial charge < -0.3 is 15.5 Å². The molecule has 2 rings (SSSR count). The van der Waals surface area contributed by atoms with Gasteiger partial charge in [-0.3, -0.25) is 0 Å². The van der Waals surface area contributed by atoms with E-state index in [2.05, 4.69) is 10.4 Å². The van der Waals surface area contributed by atoms with Crippen molar-refractivity contribution in [1.29, 1.82) is 0 Å². The van der Waals surface area contributed by atoms with Crippen molar-refractivity contribution in [1.82, 2.24) is 9.78 Å². The largest absolute Gasteiger partial charge is 0.394 e. The minimum atomic E-state index is -0.814. The third kappa shape index (κ3) is 3.47. The van der Waals surface area contributed by atoms with E-state index in [1.165, 1.54) is 0 Å². The summed E-state index contributed by atoms with van der Waals surface area (Å²) in [6.07, 6.45) is 2.85. The first-order valence-corrected chi connectivity index (χ1v) is 6.32. The molecule has 1 aromatic carbocycles. The van der Waals surface area contributed by atoms with E-state index in [-0.39, 0.29) is 13.2 Å². The summed E-state index contributed by atoms with van der Waals surface area (Å²) in [5.74, 6) is 0. The van der Waals surface area contributed by atoms with Gasteiger partial charge in [0.05, 0.1) is 30.3 Å². The highest BCUT2D eigenvalue weighted by molar-refractivity contribution is 6.31. The van der Waals surface area contributed by atoms with Crippen molar-refractivity contribution in [2.75, 3.05) is 18.5 Å². The molecule has 6 heteroatoms. The van der Waals surface area contributed by atoms with E-state index in [0.717, 1.165) is 16.9 Å². The lowest BCUT2D eigenvalue weighted by Crippen LogP contribution is -2.23. The van der Waals surface area contributed by atoms with Crippen molar-refractivity contribution in [3.8, 4) is 5.69 Å². The average Bonchev–Trinajstić information content (AvgIpc) is 2.82. The quantitative estimate of drug-likeness (QED) is 0.779. The molecule has 1 heterocycles. The Morgan fingerprint density at radius 2 is 2.26 bits per heavy atom. The first-order chi connectivity index (χ1) is 9.10. The van der Waals surface area contributed by atoms with Gasteiger partial charge in [-0.2, -0.15) is 5.10 Å². The van der Waals surface area contributed by atoms with Crippen molar-refractivity contribution in [2.24, 2.45) is 0 Å². The standard InChI is InChI=1S/C13H16ClN3O2/c1-9-5-16-17(7-9)13-3-2-10(14)4-12(13)15-6-11(19)8-18/h2-5,7,11,15,18-19H,6,8H2,1H3. The zero-order chi connectivity index (χ0) is 13.8. The number of aliphatic hydroxyl groups is 2. The maximum atomic E-state index is 9.39. The molecule has 0 fully saturated rings. The Morgan fingerprint density at radius 1 is 1.47 bits per heavy atom. The number of aromatic nitrogens is 2. The number of rotatable bonds is 5. The van der Waals surface area contributed by atoms with Gasteiger partial charge in [0.2, 0.25) is 0 Å². The van der Waals surface area contributed by atoms with E-state index in [4.69, 9.17) is 16.7 Å². The maximum absolute atomic E-state index is 9.39. The van der Waals surface area contributed by atoms with Gasteiger partial charge in [0.25, 0.3) is 0 Å². The summed E-state index contributed by atoms with van der Waals surface area (Å²) in [4.78, 5) is 0. The lowest BCUT2D eigenvalue weighted by molar-refractivity contribution is 0.105. The van der Waals surface area contributed by atoms with Gasteiger partial charge in [0.15, 0.2) is 0 Å². The second-order valence-electron chi connectivity index (χ2n) is 4.34. The zero-order valence-electron chi connectivity index (χ0n) is 10.5. The Bertz CT molecular complexity index is 557. The predicted molar refractivity (Wildman–Crippen MR) is 74.9 cm³/mol. The van der Waals surface area contributed by atoms with Gasteiger partial charge in [0.1, 0.15) is 0 Å². The number of nitrogens with one attached hydrogen (secondary N) is 1. The molecule has 0 bridgehead atoms. The Labute approximate surface area is 116 Å². The number of benzene rings is 1. The van der Waals surface area contributed by atoms with E-state index < -0.39 is 6.10 Å². The first kappa shape index (κ1) is 13.9. The lowest BCUT2D eigenvalue weighted by Gasteiger charge is -2.14. The van der Waals surface area contributed by atoms with E-state index in [9.17, 15) is 5.11 Å². The molecule has 0 aliphatic rings. The van der Waals surface area contributed by atoms with Crippen LogP contribution in [0.4, 0.5) is 5.69 Å². The molecule has 2 aromatic rings. The number of hydrogen-bond acceptors (Lipinski definition) is 4. The Morgan fingerprint density at radius 3 is 2.89 bits per heavy atom. The first-order valence-electron chi connectivity index (χ1n) is 5.94. The van der Waals surface area contributed by atoms with Crippen molar-refractivity contribution in [3.63, 3.8) is 0 Å². The summed E-state index contributed by atoms with van der Waals surface area (Å²) < 4.78 is 1.74. The van der Waals surface area contributed by atoms with Crippen molar-refractivity contribution in [2.45, 2.75) is 13.0 Å². The molecule has 19 heavy (non-hydrogen) atoms. The molecular formula is C13H16ClN3O2. The van der Waals surface area contributed by atoms with Gasteiger partial charge in [-0.1, -0.05) is 11.6 Å². The molecule has 0 saturated carbocycles. The molecule has 1 atom stereocenters. The Balaban J connectivity index is 2.27. The molecule has 0 radical (unpaired) electrons. The Kier molecular flexibility index (Phi) is 4.42. The second kappa shape index (κ2) is 6.06. The van der Waals surface area contributed by atoms with E-state index in [1.54, 1.807) is 23.0 Å². The number of halogens is 1. The van der Waals surface area contributed by atoms with Gasteiger partial charge in [-0.25, -0.2) is 4.68 Å². The molecule has 0 aliphatic carbocycles.